The van der Waals surface area contributed by atoms with Crippen molar-refractivity contribution in [2.24, 2.45) is 11.1 Å². The second kappa shape index (κ2) is 3.13. The molecule has 64 valence electrons. The zero-order valence-electron chi connectivity index (χ0n) is 7.03. The Hall–Kier alpha value is -1.05. The summed E-state index contributed by atoms with van der Waals surface area (Å²) in [4.78, 5) is 0. The lowest BCUT2D eigenvalue weighted by molar-refractivity contribution is 0.314. The molecule has 2 aliphatic carbocycles. The van der Waals surface area contributed by atoms with Crippen molar-refractivity contribution < 1.29 is 5.21 Å². The number of fused-ring (bicyclic) bond motifs is 1. The van der Waals surface area contributed by atoms with E-state index < -0.39 is 0 Å². The van der Waals surface area contributed by atoms with Crippen molar-refractivity contribution in [3.05, 3.63) is 23.8 Å². The van der Waals surface area contributed by atoms with Crippen molar-refractivity contribution >= 4 is 5.71 Å². The van der Waals surface area contributed by atoms with Crippen LogP contribution in [0.25, 0.3) is 0 Å². The summed E-state index contributed by atoms with van der Waals surface area (Å²) >= 11 is 0. The Morgan fingerprint density at radius 1 is 1.50 bits per heavy atom. The largest absolute Gasteiger partial charge is 0.411 e. The molecule has 1 saturated carbocycles. The molecule has 0 amide bonds. The summed E-state index contributed by atoms with van der Waals surface area (Å²) in [7, 11) is 0. The predicted octanol–water partition coefficient (Wildman–Crippen LogP) is 2.50. The zero-order valence-corrected chi connectivity index (χ0v) is 7.03. The molecule has 0 aromatic heterocycles. The standard InChI is InChI=1S/C10H13NO/c12-11-10-6-5-8-3-1-2-4-9(8)7-10/h1-2,4,8,12H,3,5-7H2. The predicted molar refractivity (Wildman–Crippen MR) is 48.4 cm³/mol. The van der Waals surface area contributed by atoms with Crippen LogP contribution in [0.2, 0.25) is 0 Å². The Bertz CT molecular complexity index is 263. The molecule has 0 radical (unpaired) electrons. The van der Waals surface area contributed by atoms with Crippen LogP contribution in [0.3, 0.4) is 0 Å². The first-order chi connectivity index (χ1) is 5.90. The first-order valence-electron chi connectivity index (χ1n) is 4.45. The number of allylic oxidation sites excluding steroid dienone is 4. The lowest BCUT2D eigenvalue weighted by Crippen LogP contribution is -2.18. The lowest BCUT2D eigenvalue weighted by Gasteiger charge is -2.26. The van der Waals surface area contributed by atoms with E-state index in [9.17, 15) is 0 Å². The molecular formula is C10H13NO. The molecule has 1 N–H and O–H groups in total. The molecule has 2 nitrogen and oxygen atoms in total. The van der Waals surface area contributed by atoms with Gasteiger partial charge < -0.3 is 5.21 Å². The Morgan fingerprint density at radius 3 is 3.25 bits per heavy atom. The lowest BCUT2D eigenvalue weighted by atomic mass is 9.79. The summed E-state index contributed by atoms with van der Waals surface area (Å²) in [6.07, 6.45) is 10.7. The van der Waals surface area contributed by atoms with Crippen LogP contribution in [0.15, 0.2) is 29.0 Å². The maximum Gasteiger partial charge on any atom is 0.0611 e. The van der Waals surface area contributed by atoms with Crippen molar-refractivity contribution in [1.82, 2.24) is 0 Å². The SMILES string of the molecule is ON=C1CCC2CC=CC=C2C1. The number of rotatable bonds is 0. The zero-order chi connectivity index (χ0) is 8.39. The van der Waals surface area contributed by atoms with E-state index in [1.54, 1.807) is 0 Å². The Kier molecular flexibility index (Phi) is 1.98. The Labute approximate surface area is 72.3 Å². The van der Waals surface area contributed by atoms with Gasteiger partial charge in [-0.25, -0.2) is 0 Å². The van der Waals surface area contributed by atoms with Gasteiger partial charge in [0.2, 0.25) is 0 Å². The fourth-order valence-electron chi connectivity index (χ4n) is 1.98. The molecule has 2 heteroatoms. The van der Waals surface area contributed by atoms with Crippen molar-refractivity contribution in [3.8, 4) is 0 Å². The van der Waals surface area contributed by atoms with Crippen LogP contribution in [-0.2, 0) is 0 Å². The topological polar surface area (TPSA) is 32.6 Å². The van der Waals surface area contributed by atoms with Crippen molar-refractivity contribution in [2.75, 3.05) is 0 Å². The van der Waals surface area contributed by atoms with Gasteiger partial charge in [-0.15, -0.1) is 0 Å². The van der Waals surface area contributed by atoms with Crippen LogP contribution in [0, 0.1) is 5.92 Å². The smallest absolute Gasteiger partial charge is 0.0611 e. The molecular weight excluding hydrogens is 150 g/mol. The van der Waals surface area contributed by atoms with Gasteiger partial charge in [0.25, 0.3) is 0 Å². The quantitative estimate of drug-likeness (QED) is 0.432. The van der Waals surface area contributed by atoms with Gasteiger partial charge in [-0.05, 0) is 25.2 Å². The molecule has 2 aliphatic rings. The molecule has 2 rings (SSSR count). The third kappa shape index (κ3) is 1.29. The van der Waals surface area contributed by atoms with Crippen LogP contribution >= 0.6 is 0 Å². The van der Waals surface area contributed by atoms with Crippen molar-refractivity contribution in [2.45, 2.75) is 25.7 Å². The molecule has 0 heterocycles. The van der Waals surface area contributed by atoms with Gasteiger partial charge >= 0.3 is 0 Å². The number of hydrogen-bond acceptors (Lipinski definition) is 2. The van der Waals surface area contributed by atoms with Gasteiger partial charge in [0.15, 0.2) is 0 Å². The third-order valence-electron chi connectivity index (χ3n) is 2.72. The summed E-state index contributed by atoms with van der Waals surface area (Å²) in [5.74, 6) is 0.723. The summed E-state index contributed by atoms with van der Waals surface area (Å²) < 4.78 is 0. The fraction of sp³-hybridized carbons (Fsp3) is 0.500. The van der Waals surface area contributed by atoms with Gasteiger partial charge in [0.05, 0.1) is 5.71 Å². The molecule has 0 spiro atoms. The highest BCUT2D eigenvalue weighted by atomic mass is 16.4. The van der Waals surface area contributed by atoms with E-state index in [2.05, 4.69) is 23.4 Å². The van der Waals surface area contributed by atoms with Gasteiger partial charge in [-0.1, -0.05) is 29.0 Å². The highest BCUT2D eigenvalue weighted by molar-refractivity contribution is 5.87. The molecule has 1 atom stereocenters. The number of hydrogen-bond donors (Lipinski definition) is 1. The van der Waals surface area contributed by atoms with Crippen LogP contribution < -0.4 is 0 Å². The molecule has 12 heavy (non-hydrogen) atoms. The summed E-state index contributed by atoms with van der Waals surface area (Å²) in [5, 5.41) is 11.9. The molecule has 0 aromatic rings. The van der Waals surface area contributed by atoms with Crippen LogP contribution in [-0.4, -0.2) is 10.9 Å². The highest BCUT2D eigenvalue weighted by Crippen LogP contribution is 2.32. The second-order valence-electron chi connectivity index (χ2n) is 3.48. The van der Waals surface area contributed by atoms with Crippen LogP contribution in [0.4, 0.5) is 0 Å². The van der Waals surface area contributed by atoms with E-state index in [1.807, 2.05) is 0 Å². The van der Waals surface area contributed by atoms with Gasteiger partial charge in [0.1, 0.15) is 0 Å². The fourth-order valence-corrected chi connectivity index (χ4v) is 1.98. The van der Waals surface area contributed by atoms with E-state index in [4.69, 9.17) is 5.21 Å². The normalized spacial score (nSPS) is 31.5. The van der Waals surface area contributed by atoms with Gasteiger partial charge in [-0.2, -0.15) is 0 Å². The summed E-state index contributed by atoms with van der Waals surface area (Å²) in [6, 6.07) is 0. The minimum Gasteiger partial charge on any atom is -0.411 e. The Balaban J connectivity index is 2.16. The van der Waals surface area contributed by atoms with E-state index >= 15 is 0 Å². The van der Waals surface area contributed by atoms with E-state index in [1.165, 1.54) is 12.0 Å². The summed E-state index contributed by atoms with van der Waals surface area (Å²) in [5.41, 5.74) is 2.38. The maximum absolute atomic E-state index is 8.62. The van der Waals surface area contributed by atoms with Gasteiger partial charge in [-0.3, -0.25) is 0 Å². The van der Waals surface area contributed by atoms with E-state index in [0.717, 1.165) is 30.9 Å². The maximum atomic E-state index is 8.62. The van der Waals surface area contributed by atoms with E-state index in [0.29, 0.717) is 0 Å². The molecule has 0 saturated heterocycles. The highest BCUT2D eigenvalue weighted by Gasteiger charge is 2.22. The minimum atomic E-state index is 0.723. The van der Waals surface area contributed by atoms with Crippen LogP contribution in [0.1, 0.15) is 25.7 Å². The molecule has 1 unspecified atom stereocenters. The number of oxime groups is 1. The second-order valence-corrected chi connectivity index (χ2v) is 3.48. The summed E-state index contributed by atoms with van der Waals surface area (Å²) in [6.45, 7) is 0. The van der Waals surface area contributed by atoms with Gasteiger partial charge in [0, 0.05) is 6.42 Å². The minimum absolute atomic E-state index is 0.723. The monoisotopic (exact) mass is 163 g/mol. The van der Waals surface area contributed by atoms with Crippen LogP contribution in [0.5, 0.6) is 0 Å². The molecule has 1 fully saturated rings. The average molecular weight is 163 g/mol. The van der Waals surface area contributed by atoms with Crippen molar-refractivity contribution in [1.29, 1.82) is 0 Å². The van der Waals surface area contributed by atoms with Crippen molar-refractivity contribution in [3.63, 3.8) is 0 Å². The first-order valence-corrected chi connectivity index (χ1v) is 4.45. The number of nitrogens with zero attached hydrogens (tertiary/aromatic N) is 1. The molecule has 0 aliphatic heterocycles. The third-order valence-corrected chi connectivity index (χ3v) is 2.72. The molecule has 0 bridgehead atoms. The van der Waals surface area contributed by atoms with E-state index in [-0.39, 0.29) is 0 Å². The Morgan fingerprint density at radius 2 is 2.42 bits per heavy atom. The average Bonchev–Trinajstić information content (AvgIpc) is 2.17. The molecule has 0 aromatic carbocycles. The first kappa shape index (κ1) is 7.59.